The summed E-state index contributed by atoms with van der Waals surface area (Å²) >= 11 is 0. The van der Waals surface area contributed by atoms with Crippen molar-refractivity contribution in [2.45, 2.75) is 71.1 Å². The topological polar surface area (TPSA) is 42.2 Å². The highest BCUT2D eigenvalue weighted by atomic mass is 16.3. The Hall–Kier alpha value is -2.03. The summed E-state index contributed by atoms with van der Waals surface area (Å²) in [6.45, 7) is 9.00. The van der Waals surface area contributed by atoms with Gasteiger partial charge in [0.15, 0.2) is 0 Å². The maximum atomic E-state index is 13.5. The van der Waals surface area contributed by atoms with Crippen LogP contribution in [0.15, 0.2) is 35.1 Å². The Morgan fingerprint density at radius 1 is 1.19 bits per heavy atom. The third-order valence-corrected chi connectivity index (χ3v) is 7.37. The molecule has 3 nitrogen and oxygen atoms in total. The number of hydrogen-bond donors (Lipinski definition) is 1. The van der Waals surface area contributed by atoms with Crippen molar-refractivity contribution in [2.24, 2.45) is 5.41 Å². The summed E-state index contributed by atoms with van der Waals surface area (Å²) in [6, 6.07) is 9.95. The second-order valence-electron chi connectivity index (χ2n) is 8.81. The zero-order valence-corrected chi connectivity index (χ0v) is 16.3. The van der Waals surface area contributed by atoms with Crippen molar-refractivity contribution in [1.29, 1.82) is 0 Å². The summed E-state index contributed by atoms with van der Waals surface area (Å²) in [4.78, 5) is 13.5. The van der Waals surface area contributed by atoms with Crippen molar-refractivity contribution in [3.63, 3.8) is 0 Å². The predicted molar refractivity (Wildman–Crippen MR) is 105 cm³/mol. The predicted octanol–water partition coefficient (Wildman–Crippen LogP) is 5.06. The first-order chi connectivity index (χ1) is 12.3. The number of nitrogens with zero attached hydrogens (tertiary/aromatic N) is 1. The lowest BCUT2D eigenvalue weighted by molar-refractivity contribution is 0.224. The molecule has 138 valence electrons. The van der Waals surface area contributed by atoms with Crippen LogP contribution in [0.3, 0.4) is 0 Å². The van der Waals surface area contributed by atoms with E-state index < -0.39 is 0 Å². The average molecular weight is 351 g/mol. The lowest BCUT2D eigenvalue weighted by Gasteiger charge is -2.36. The fourth-order valence-electron chi connectivity index (χ4n) is 5.44. The minimum Gasteiger partial charge on any atom is -0.507 e. The van der Waals surface area contributed by atoms with Gasteiger partial charge in [0.05, 0.1) is 5.56 Å². The van der Waals surface area contributed by atoms with E-state index in [2.05, 4.69) is 27.7 Å². The summed E-state index contributed by atoms with van der Waals surface area (Å²) in [6.07, 6.45) is 4.72. The van der Waals surface area contributed by atoms with Gasteiger partial charge in [0, 0.05) is 22.4 Å². The van der Waals surface area contributed by atoms with Crippen LogP contribution in [0.4, 0.5) is 0 Å². The number of para-hydroxylation sites is 1. The van der Waals surface area contributed by atoms with Gasteiger partial charge in [-0.3, -0.25) is 9.36 Å². The third-order valence-electron chi connectivity index (χ3n) is 7.37. The van der Waals surface area contributed by atoms with E-state index in [0.29, 0.717) is 17.9 Å². The van der Waals surface area contributed by atoms with Gasteiger partial charge in [-0.15, -0.1) is 0 Å². The van der Waals surface area contributed by atoms with Crippen LogP contribution in [0, 0.1) is 5.41 Å². The molecule has 1 saturated carbocycles. The van der Waals surface area contributed by atoms with E-state index >= 15 is 0 Å². The molecular formula is C23H29NO2. The van der Waals surface area contributed by atoms with Crippen molar-refractivity contribution in [2.75, 3.05) is 0 Å². The summed E-state index contributed by atoms with van der Waals surface area (Å²) in [5.41, 5.74) is 3.51. The molecule has 2 aromatic rings. The minimum absolute atomic E-state index is 0.0366. The fourth-order valence-corrected chi connectivity index (χ4v) is 5.44. The molecule has 2 unspecified atom stereocenters. The molecule has 0 radical (unpaired) electrons. The highest BCUT2D eigenvalue weighted by molar-refractivity contribution is 5.58. The Morgan fingerprint density at radius 3 is 2.54 bits per heavy atom. The maximum absolute atomic E-state index is 13.5. The molecule has 1 fully saturated rings. The molecule has 0 saturated heterocycles. The van der Waals surface area contributed by atoms with Gasteiger partial charge in [0.25, 0.3) is 5.56 Å². The van der Waals surface area contributed by atoms with Gasteiger partial charge in [-0.05, 0) is 49.1 Å². The van der Waals surface area contributed by atoms with Gasteiger partial charge >= 0.3 is 0 Å². The number of benzene rings is 1. The highest BCUT2D eigenvalue weighted by Crippen LogP contribution is 2.69. The van der Waals surface area contributed by atoms with Crippen molar-refractivity contribution in [1.82, 2.24) is 4.57 Å². The Labute approximate surface area is 155 Å². The maximum Gasteiger partial charge on any atom is 0.262 e. The Morgan fingerprint density at radius 2 is 1.88 bits per heavy atom. The van der Waals surface area contributed by atoms with E-state index in [1.165, 1.54) is 0 Å². The number of fused-ring (bicyclic) bond motifs is 5. The first kappa shape index (κ1) is 17.4. The fraction of sp³-hybridized carbons (Fsp3) is 0.522. The molecule has 1 N–H and O–H groups in total. The van der Waals surface area contributed by atoms with Gasteiger partial charge < -0.3 is 5.11 Å². The molecule has 26 heavy (non-hydrogen) atoms. The van der Waals surface area contributed by atoms with E-state index in [1.807, 2.05) is 34.9 Å². The zero-order valence-electron chi connectivity index (χ0n) is 16.3. The number of pyridine rings is 1. The van der Waals surface area contributed by atoms with Gasteiger partial charge in [-0.25, -0.2) is 0 Å². The molecule has 0 amide bonds. The second kappa shape index (κ2) is 5.73. The van der Waals surface area contributed by atoms with Gasteiger partial charge in [-0.1, -0.05) is 52.3 Å². The largest absolute Gasteiger partial charge is 0.507 e. The van der Waals surface area contributed by atoms with Crippen LogP contribution in [0.2, 0.25) is 0 Å². The molecule has 1 aromatic carbocycles. The van der Waals surface area contributed by atoms with E-state index in [0.717, 1.165) is 42.6 Å². The van der Waals surface area contributed by atoms with Crippen LogP contribution in [0.5, 0.6) is 5.75 Å². The number of aromatic nitrogens is 1. The van der Waals surface area contributed by atoms with Crippen molar-refractivity contribution in [3.8, 4) is 11.4 Å². The molecule has 2 bridgehead atoms. The molecule has 2 aliphatic carbocycles. The summed E-state index contributed by atoms with van der Waals surface area (Å²) in [7, 11) is 0. The van der Waals surface area contributed by atoms with Crippen LogP contribution in [-0.2, 0) is 11.8 Å². The molecule has 0 spiro atoms. The normalized spacial score (nSPS) is 25.5. The number of rotatable bonds is 4. The van der Waals surface area contributed by atoms with Gasteiger partial charge in [0.1, 0.15) is 5.75 Å². The first-order valence-electron chi connectivity index (χ1n) is 9.91. The van der Waals surface area contributed by atoms with E-state index in [-0.39, 0.29) is 22.1 Å². The van der Waals surface area contributed by atoms with Crippen molar-refractivity contribution in [3.05, 3.63) is 57.5 Å². The minimum atomic E-state index is -0.0945. The molecule has 4 rings (SSSR count). The van der Waals surface area contributed by atoms with E-state index in [4.69, 9.17) is 0 Å². The standard InChI is InChI=1S/C23H29NO2/c1-5-6-12-16-19(25)18-17-13-14-23(4,22(17,2)3)20(18)24(21(16)26)15-10-8-7-9-11-15/h7-11,17,25H,5-6,12-14H2,1-4H3. The quantitative estimate of drug-likeness (QED) is 0.836. The molecule has 2 aliphatic rings. The van der Waals surface area contributed by atoms with Crippen LogP contribution in [-0.4, -0.2) is 9.67 Å². The molecule has 1 aromatic heterocycles. The summed E-state index contributed by atoms with van der Waals surface area (Å²) in [5, 5.41) is 11.1. The van der Waals surface area contributed by atoms with E-state index in [9.17, 15) is 9.90 Å². The van der Waals surface area contributed by atoms with Crippen LogP contribution >= 0.6 is 0 Å². The second-order valence-corrected chi connectivity index (χ2v) is 8.81. The monoisotopic (exact) mass is 351 g/mol. The number of aromatic hydroxyl groups is 1. The first-order valence-corrected chi connectivity index (χ1v) is 9.91. The van der Waals surface area contributed by atoms with Gasteiger partial charge in [0.2, 0.25) is 0 Å². The smallest absolute Gasteiger partial charge is 0.262 e. The molecular weight excluding hydrogens is 322 g/mol. The van der Waals surface area contributed by atoms with Crippen molar-refractivity contribution >= 4 is 0 Å². The lowest BCUT2D eigenvalue weighted by Crippen LogP contribution is -2.37. The lowest BCUT2D eigenvalue weighted by atomic mass is 9.70. The van der Waals surface area contributed by atoms with Gasteiger partial charge in [-0.2, -0.15) is 0 Å². The number of hydrogen-bond acceptors (Lipinski definition) is 2. The molecule has 3 heteroatoms. The van der Waals surface area contributed by atoms with Crippen LogP contribution in [0.25, 0.3) is 5.69 Å². The Balaban J connectivity index is 2.09. The van der Waals surface area contributed by atoms with Crippen LogP contribution < -0.4 is 5.56 Å². The van der Waals surface area contributed by atoms with Crippen LogP contribution in [0.1, 0.15) is 76.1 Å². The highest BCUT2D eigenvalue weighted by Gasteiger charge is 2.62. The SMILES string of the molecule is CCCCc1c(O)c2c(n(-c3ccccc3)c1=O)C1(C)CCC2C1(C)C. The van der Waals surface area contributed by atoms with E-state index in [1.54, 1.807) is 0 Å². The summed E-state index contributed by atoms with van der Waals surface area (Å²) < 4.78 is 1.92. The number of unbranched alkanes of at least 4 members (excludes halogenated alkanes) is 1. The Bertz CT molecular complexity index is 910. The third kappa shape index (κ3) is 2.03. The van der Waals surface area contributed by atoms with Crippen molar-refractivity contribution < 1.29 is 5.11 Å². The average Bonchev–Trinajstić information content (AvgIpc) is 2.95. The molecule has 2 atom stereocenters. The zero-order chi connectivity index (χ0) is 18.7. The molecule has 1 heterocycles. The Kier molecular flexibility index (Phi) is 3.83. The summed E-state index contributed by atoms with van der Waals surface area (Å²) in [5.74, 6) is 0.602. The molecule has 0 aliphatic heterocycles.